The number of aromatic nitrogens is 4. The Morgan fingerprint density at radius 2 is 2.03 bits per heavy atom. The van der Waals surface area contributed by atoms with Crippen molar-refractivity contribution in [3.63, 3.8) is 0 Å². The van der Waals surface area contributed by atoms with Gasteiger partial charge in [0.25, 0.3) is 5.91 Å². The summed E-state index contributed by atoms with van der Waals surface area (Å²) in [5, 5.41) is 9.01. The van der Waals surface area contributed by atoms with Crippen LogP contribution in [0.4, 0.5) is 0 Å². The minimum absolute atomic E-state index is 0.0296. The summed E-state index contributed by atoms with van der Waals surface area (Å²) in [5.74, 6) is 0.353. The van der Waals surface area contributed by atoms with Gasteiger partial charge in [-0.3, -0.25) is 14.5 Å². The van der Waals surface area contributed by atoms with Crippen LogP contribution in [0.15, 0.2) is 71.2 Å². The van der Waals surface area contributed by atoms with E-state index in [4.69, 9.17) is 12.2 Å². The molecule has 0 saturated carbocycles. The molecule has 0 unspecified atom stereocenters. The van der Waals surface area contributed by atoms with Gasteiger partial charge < -0.3 is 4.57 Å². The zero-order valence-electron chi connectivity index (χ0n) is 15.8. The fraction of sp³-hybridized carbons (Fsp3) is 0.143. The highest BCUT2D eigenvalue weighted by atomic mass is 32.1. The molecule has 1 N–H and O–H groups in total. The molecule has 4 aromatic rings. The van der Waals surface area contributed by atoms with Crippen LogP contribution in [0, 0.1) is 11.7 Å². The molecule has 0 atom stereocenters. The predicted molar refractivity (Wildman–Crippen MR) is 116 cm³/mol. The second-order valence-electron chi connectivity index (χ2n) is 6.61. The summed E-state index contributed by atoms with van der Waals surface area (Å²) in [6.07, 6.45) is 1.94. The van der Waals surface area contributed by atoms with Gasteiger partial charge in [-0.2, -0.15) is 10.1 Å². The second-order valence-corrected chi connectivity index (χ2v) is 7.87. The summed E-state index contributed by atoms with van der Waals surface area (Å²) in [6, 6.07) is 18.0. The van der Waals surface area contributed by atoms with E-state index in [9.17, 15) is 4.79 Å². The molecular formula is C21H19N5OS2. The van der Waals surface area contributed by atoms with Crippen LogP contribution in [0.25, 0.3) is 11.4 Å². The number of nitrogens with zero attached hydrogens (tertiary/aromatic N) is 4. The van der Waals surface area contributed by atoms with Crippen LogP contribution >= 0.6 is 23.6 Å². The molecule has 0 aliphatic heterocycles. The number of carbonyl (C=O) groups excluding carboxylic acids is 1. The van der Waals surface area contributed by atoms with Crippen molar-refractivity contribution in [1.82, 2.24) is 19.3 Å². The first-order valence-corrected chi connectivity index (χ1v) is 10.4. The molecule has 0 aliphatic rings. The van der Waals surface area contributed by atoms with Crippen molar-refractivity contribution in [2.45, 2.75) is 20.0 Å². The van der Waals surface area contributed by atoms with Crippen molar-refractivity contribution >= 4 is 29.5 Å². The van der Waals surface area contributed by atoms with Crippen molar-refractivity contribution in [1.29, 1.82) is 0 Å². The molecule has 29 heavy (non-hydrogen) atoms. The quantitative estimate of drug-likeness (QED) is 0.496. The first-order chi connectivity index (χ1) is 14.1. The molecule has 2 heterocycles. The Balaban J connectivity index is 1.60. The third-order valence-electron chi connectivity index (χ3n) is 4.40. The molecule has 0 saturated heterocycles. The van der Waals surface area contributed by atoms with E-state index in [0.717, 1.165) is 16.7 Å². The van der Waals surface area contributed by atoms with Crippen LogP contribution in [0.5, 0.6) is 0 Å². The maximum atomic E-state index is 12.7. The SMILES string of the molecule is Cc1cccc(-c2n[nH]c(=S)n2CC(=O)N=c2sccn2Cc2ccccc2)c1. The average molecular weight is 422 g/mol. The molecule has 0 radical (unpaired) electrons. The molecule has 1 amide bonds. The Kier molecular flexibility index (Phi) is 5.64. The zero-order chi connectivity index (χ0) is 20.2. The summed E-state index contributed by atoms with van der Waals surface area (Å²) >= 11 is 6.77. The largest absolute Gasteiger partial charge is 0.319 e. The lowest BCUT2D eigenvalue weighted by atomic mass is 10.1. The van der Waals surface area contributed by atoms with Crippen LogP contribution in [0.3, 0.4) is 0 Å². The monoisotopic (exact) mass is 421 g/mol. The van der Waals surface area contributed by atoms with E-state index in [1.807, 2.05) is 65.5 Å². The summed E-state index contributed by atoms with van der Waals surface area (Å²) < 4.78 is 4.05. The lowest BCUT2D eigenvalue weighted by Gasteiger charge is -2.05. The van der Waals surface area contributed by atoms with Gasteiger partial charge in [0, 0.05) is 23.7 Å². The van der Waals surface area contributed by atoms with Gasteiger partial charge in [-0.1, -0.05) is 54.1 Å². The van der Waals surface area contributed by atoms with Crippen LogP contribution < -0.4 is 4.80 Å². The Hall–Kier alpha value is -3.10. The summed E-state index contributed by atoms with van der Waals surface area (Å²) in [6.45, 7) is 2.70. The van der Waals surface area contributed by atoms with Gasteiger partial charge in [-0.05, 0) is 30.8 Å². The number of hydrogen-bond acceptors (Lipinski definition) is 4. The maximum Gasteiger partial charge on any atom is 0.268 e. The van der Waals surface area contributed by atoms with Crippen LogP contribution in [-0.2, 0) is 17.9 Å². The van der Waals surface area contributed by atoms with Gasteiger partial charge in [0.05, 0.1) is 0 Å². The first kappa shape index (κ1) is 19.2. The molecular weight excluding hydrogens is 402 g/mol. The molecule has 8 heteroatoms. The number of amides is 1. The van der Waals surface area contributed by atoms with E-state index in [-0.39, 0.29) is 12.5 Å². The minimum Gasteiger partial charge on any atom is -0.319 e. The fourth-order valence-electron chi connectivity index (χ4n) is 3.03. The van der Waals surface area contributed by atoms with Crippen LogP contribution in [-0.4, -0.2) is 25.2 Å². The third kappa shape index (κ3) is 4.49. The van der Waals surface area contributed by atoms with Crippen molar-refractivity contribution in [2.75, 3.05) is 0 Å². The normalized spacial score (nSPS) is 11.7. The van der Waals surface area contributed by atoms with E-state index in [1.165, 1.54) is 11.3 Å². The molecule has 6 nitrogen and oxygen atoms in total. The Labute approximate surface area is 176 Å². The number of benzene rings is 2. The summed E-state index contributed by atoms with van der Waals surface area (Å²) in [5.41, 5.74) is 3.17. The predicted octanol–water partition coefficient (Wildman–Crippen LogP) is 3.95. The lowest BCUT2D eigenvalue weighted by Crippen LogP contribution is -2.19. The van der Waals surface area contributed by atoms with Crippen molar-refractivity contribution < 1.29 is 4.79 Å². The van der Waals surface area contributed by atoms with Crippen molar-refractivity contribution in [2.24, 2.45) is 4.99 Å². The number of carbonyl (C=O) groups is 1. The van der Waals surface area contributed by atoms with Gasteiger partial charge in [-0.15, -0.1) is 11.3 Å². The average Bonchev–Trinajstić information content (AvgIpc) is 3.29. The number of H-pyrrole nitrogens is 1. The summed E-state index contributed by atoms with van der Waals surface area (Å²) in [7, 11) is 0. The van der Waals surface area contributed by atoms with Gasteiger partial charge >= 0.3 is 0 Å². The fourth-order valence-corrected chi connectivity index (χ4v) is 3.97. The number of aromatic amines is 1. The topological polar surface area (TPSA) is 68.0 Å². The Morgan fingerprint density at radius 1 is 1.21 bits per heavy atom. The molecule has 0 bridgehead atoms. The molecule has 0 fully saturated rings. The van der Waals surface area contributed by atoms with E-state index >= 15 is 0 Å². The Bertz CT molecular complexity index is 1260. The number of nitrogens with one attached hydrogen (secondary N) is 1. The lowest BCUT2D eigenvalue weighted by molar-refractivity contribution is -0.118. The second kappa shape index (κ2) is 8.50. The zero-order valence-corrected chi connectivity index (χ0v) is 17.4. The van der Waals surface area contributed by atoms with E-state index in [1.54, 1.807) is 4.57 Å². The molecule has 0 spiro atoms. The van der Waals surface area contributed by atoms with Gasteiger partial charge in [-0.25, -0.2) is 0 Å². The van der Waals surface area contributed by atoms with E-state index in [0.29, 0.717) is 21.9 Å². The number of aryl methyl sites for hydroxylation is 1. The highest BCUT2D eigenvalue weighted by Crippen LogP contribution is 2.18. The standard InChI is InChI=1S/C21H19N5OS2/c1-15-6-5-9-17(12-15)19-23-24-20(28)26(19)14-18(27)22-21-25(10-11-29-21)13-16-7-3-2-4-8-16/h2-12H,13-14H2,1H3,(H,24,28). The number of rotatable bonds is 5. The number of thiazole rings is 1. The van der Waals surface area contributed by atoms with E-state index < -0.39 is 0 Å². The van der Waals surface area contributed by atoms with Gasteiger partial charge in [0.2, 0.25) is 0 Å². The molecule has 0 aliphatic carbocycles. The van der Waals surface area contributed by atoms with E-state index in [2.05, 4.69) is 27.3 Å². The third-order valence-corrected chi connectivity index (χ3v) is 5.51. The van der Waals surface area contributed by atoms with Crippen molar-refractivity contribution in [3.8, 4) is 11.4 Å². The highest BCUT2D eigenvalue weighted by molar-refractivity contribution is 7.71. The maximum absolute atomic E-state index is 12.7. The summed E-state index contributed by atoms with van der Waals surface area (Å²) in [4.78, 5) is 17.7. The molecule has 2 aromatic heterocycles. The smallest absolute Gasteiger partial charge is 0.268 e. The molecule has 2 aromatic carbocycles. The first-order valence-electron chi connectivity index (χ1n) is 9.08. The Morgan fingerprint density at radius 3 is 2.83 bits per heavy atom. The number of hydrogen-bond donors (Lipinski definition) is 1. The van der Waals surface area contributed by atoms with Gasteiger partial charge in [0.1, 0.15) is 6.54 Å². The van der Waals surface area contributed by atoms with Crippen LogP contribution in [0.1, 0.15) is 11.1 Å². The van der Waals surface area contributed by atoms with Gasteiger partial charge in [0.15, 0.2) is 15.4 Å². The highest BCUT2D eigenvalue weighted by Gasteiger charge is 2.12. The van der Waals surface area contributed by atoms with Crippen molar-refractivity contribution in [3.05, 3.63) is 86.9 Å². The molecule has 146 valence electrons. The van der Waals surface area contributed by atoms with Crippen LogP contribution in [0.2, 0.25) is 0 Å². The molecule has 4 rings (SSSR count). The minimum atomic E-state index is -0.277.